The number of benzene rings is 1. The van der Waals surface area contributed by atoms with E-state index in [4.69, 9.17) is 4.42 Å². The minimum absolute atomic E-state index is 0.0594. The van der Waals surface area contributed by atoms with Gasteiger partial charge in [-0.05, 0) is 37.9 Å². The van der Waals surface area contributed by atoms with Crippen molar-refractivity contribution in [3.8, 4) is 0 Å². The third kappa shape index (κ3) is 1.76. The minimum atomic E-state index is -0.0594. The average molecular weight is 229 g/mol. The molecule has 1 aromatic heterocycles. The normalized spacial score (nSPS) is 19.9. The Kier molecular flexibility index (Phi) is 2.48. The van der Waals surface area contributed by atoms with Crippen LogP contribution in [0.3, 0.4) is 0 Å². The van der Waals surface area contributed by atoms with Gasteiger partial charge >= 0.3 is 0 Å². The quantitative estimate of drug-likeness (QED) is 0.805. The molecule has 1 atom stereocenters. The van der Waals surface area contributed by atoms with Crippen molar-refractivity contribution < 1.29 is 9.21 Å². The number of ketones is 1. The summed E-state index contributed by atoms with van der Waals surface area (Å²) in [6.07, 6.45) is 1.98. The average Bonchev–Trinajstić information content (AvgIpc) is 2.98. The number of rotatable bonds is 2. The number of carbonyl (C=O) groups is 1. The summed E-state index contributed by atoms with van der Waals surface area (Å²) >= 11 is 0. The van der Waals surface area contributed by atoms with E-state index in [1.165, 1.54) is 0 Å². The van der Waals surface area contributed by atoms with Crippen LogP contribution in [0.25, 0.3) is 11.0 Å². The molecule has 1 fully saturated rings. The predicted molar refractivity (Wildman–Crippen MR) is 66.3 cm³/mol. The highest BCUT2D eigenvalue weighted by molar-refractivity contribution is 6.01. The van der Waals surface area contributed by atoms with Crippen LogP contribution in [0.1, 0.15) is 29.0 Å². The van der Waals surface area contributed by atoms with Gasteiger partial charge in [-0.25, -0.2) is 0 Å². The Balaban J connectivity index is 2.00. The van der Waals surface area contributed by atoms with Crippen LogP contribution in [-0.2, 0) is 0 Å². The zero-order valence-electron chi connectivity index (χ0n) is 9.82. The lowest BCUT2D eigenvalue weighted by molar-refractivity contribution is 0.0927. The molecule has 1 aromatic carbocycles. The maximum absolute atomic E-state index is 12.2. The predicted octanol–water partition coefficient (Wildman–Crippen LogP) is 2.68. The molecular weight excluding hydrogens is 214 g/mol. The topological polar surface area (TPSA) is 42.2 Å². The second-order valence-electron chi connectivity index (χ2n) is 4.62. The van der Waals surface area contributed by atoms with E-state index in [2.05, 4.69) is 5.32 Å². The van der Waals surface area contributed by atoms with Gasteiger partial charge in [0.1, 0.15) is 5.58 Å². The molecule has 3 rings (SSSR count). The molecule has 1 N–H and O–H groups in total. The third-order valence-electron chi connectivity index (χ3n) is 3.36. The molecule has 0 aliphatic carbocycles. The molecule has 3 heteroatoms. The van der Waals surface area contributed by atoms with Gasteiger partial charge in [0.05, 0.1) is 6.04 Å². The number of aryl methyl sites for hydroxylation is 1. The van der Waals surface area contributed by atoms with E-state index in [-0.39, 0.29) is 11.8 Å². The molecule has 1 aliphatic rings. The monoisotopic (exact) mass is 229 g/mol. The van der Waals surface area contributed by atoms with Crippen LogP contribution in [0.4, 0.5) is 0 Å². The van der Waals surface area contributed by atoms with Gasteiger partial charge in [0, 0.05) is 5.39 Å². The minimum Gasteiger partial charge on any atom is -0.453 e. The zero-order chi connectivity index (χ0) is 11.8. The summed E-state index contributed by atoms with van der Waals surface area (Å²) < 4.78 is 5.68. The van der Waals surface area contributed by atoms with Crippen molar-refractivity contribution in [3.05, 3.63) is 35.6 Å². The number of hydrogen-bond donors (Lipinski definition) is 1. The molecule has 88 valence electrons. The van der Waals surface area contributed by atoms with Gasteiger partial charge in [0.2, 0.25) is 5.78 Å². The van der Waals surface area contributed by atoms with Crippen LogP contribution in [0.2, 0.25) is 0 Å². The molecule has 2 aromatic rings. The standard InChI is InChI=1S/C14H15NO2/c1-9-4-2-5-10-8-12(17-14(9)10)13(16)11-6-3-7-15-11/h2,4-5,8,11,15H,3,6-7H2,1H3. The van der Waals surface area contributed by atoms with E-state index < -0.39 is 0 Å². The summed E-state index contributed by atoms with van der Waals surface area (Å²) in [6, 6.07) is 7.74. The van der Waals surface area contributed by atoms with E-state index in [1.54, 1.807) is 0 Å². The Morgan fingerprint density at radius 2 is 2.35 bits per heavy atom. The lowest BCUT2D eigenvalue weighted by Crippen LogP contribution is -2.30. The molecule has 1 aliphatic heterocycles. The van der Waals surface area contributed by atoms with Crippen LogP contribution in [0, 0.1) is 6.92 Å². The van der Waals surface area contributed by atoms with Crippen molar-refractivity contribution in [2.45, 2.75) is 25.8 Å². The lowest BCUT2D eigenvalue weighted by Gasteiger charge is -2.05. The van der Waals surface area contributed by atoms with Crippen molar-refractivity contribution in [2.24, 2.45) is 0 Å². The van der Waals surface area contributed by atoms with Gasteiger partial charge in [-0.2, -0.15) is 0 Å². The molecule has 0 radical (unpaired) electrons. The van der Waals surface area contributed by atoms with Crippen LogP contribution < -0.4 is 5.32 Å². The maximum atomic E-state index is 12.2. The summed E-state index contributed by atoms with van der Waals surface area (Å²) in [4.78, 5) is 12.2. The van der Waals surface area contributed by atoms with Crippen molar-refractivity contribution >= 4 is 16.8 Å². The van der Waals surface area contributed by atoms with Gasteiger partial charge in [0.25, 0.3) is 0 Å². The smallest absolute Gasteiger partial charge is 0.214 e. The molecule has 1 unspecified atom stereocenters. The molecule has 0 amide bonds. The summed E-state index contributed by atoms with van der Waals surface area (Å²) in [7, 11) is 0. The lowest BCUT2D eigenvalue weighted by atomic mass is 10.1. The fraction of sp³-hybridized carbons (Fsp3) is 0.357. The fourth-order valence-electron chi connectivity index (χ4n) is 2.41. The molecule has 17 heavy (non-hydrogen) atoms. The van der Waals surface area contributed by atoms with Crippen molar-refractivity contribution in [2.75, 3.05) is 6.54 Å². The van der Waals surface area contributed by atoms with E-state index in [9.17, 15) is 4.79 Å². The molecule has 0 spiro atoms. The van der Waals surface area contributed by atoms with Gasteiger partial charge in [-0.15, -0.1) is 0 Å². The molecule has 1 saturated heterocycles. The van der Waals surface area contributed by atoms with E-state index in [0.29, 0.717) is 5.76 Å². The first-order chi connectivity index (χ1) is 8.25. The Morgan fingerprint density at radius 3 is 3.06 bits per heavy atom. The Hall–Kier alpha value is -1.61. The SMILES string of the molecule is Cc1cccc2cc(C(=O)C3CCCN3)oc12. The fourth-order valence-corrected chi connectivity index (χ4v) is 2.41. The highest BCUT2D eigenvalue weighted by Crippen LogP contribution is 2.24. The van der Waals surface area contributed by atoms with Gasteiger partial charge in [-0.1, -0.05) is 18.2 Å². The van der Waals surface area contributed by atoms with Crippen LogP contribution >= 0.6 is 0 Å². The number of Topliss-reactive ketones (excluding diaryl/α,β-unsaturated/α-hetero) is 1. The Bertz CT molecular complexity index is 565. The summed E-state index contributed by atoms with van der Waals surface area (Å²) in [5.41, 5.74) is 1.90. The first-order valence-electron chi connectivity index (χ1n) is 6.02. The largest absolute Gasteiger partial charge is 0.453 e. The Labute approximate surface area is 99.8 Å². The number of para-hydroxylation sites is 1. The molecule has 0 saturated carbocycles. The van der Waals surface area contributed by atoms with Gasteiger partial charge in [-0.3, -0.25) is 4.79 Å². The summed E-state index contributed by atoms with van der Waals surface area (Å²) in [5.74, 6) is 0.562. The maximum Gasteiger partial charge on any atom is 0.214 e. The number of furan rings is 1. The van der Waals surface area contributed by atoms with Crippen molar-refractivity contribution in [1.82, 2.24) is 5.32 Å². The molecule has 2 heterocycles. The molecule has 3 nitrogen and oxygen atoms in total. The Morgan fingerprint density at radius 1 is 1.47 bits per heavy atom. The molecular formula is C14H15NO2. The van der Waals surface area contributed by atoms with Crippen LogP contribution in [0.5, 0.6) is 0 Å². The summed E-state index contributed by atoms with van der Waals surface area (Å²) in [5, 5.41) is 4.21. The number of nitrogens with one attached hydrogen (secondary N) is 1. The highest BCUT2D eigenvalue weighted by Gasteiger charge is 2.25. The van der Waals surface area contributed by atoms with Crippen LogP contribution in [-0.4, -0.2) is 18.4 Å². The van der Waals surface area contributed by atoms with E-state index in [1.807, 2.05) is 31.2 Å². The summed E-state index contributed by atoms with van der Waals surface area (Å²) in [6.45, 7) is 2.92. The second-order valence-corrected chi connectivity index (χ2v) is 4.62. The highest BCUT2D eigenvalue weighted by atomic mass is 16.3. The van der Waals surface area contributed by atoms with Crippen LogP contribution in [0.15, 0.2) is 28.7 Å². The first-order valence-corrected chi connectivity index (χ1v) is 6.02. The number of fused-ring (bicyclic) bond motifs is 1. The van der Waals surface area contributed by atoms with Gasteiger partial charge < -0.3 is 9.73 Å². The van der Waals surface area contributed by atoms with E-state index >= 15 is 0 Å². The number of hydrogen-bond acceptors (Lipinski definition) is 3. The van der Waals surface area contributed by atoms with Crippen molar-refractivity contribution in [3.63, 3.8) is 0 Å². The third-order valence-corrected chi connectivity index (χ3v) is 3.36. The van der Waals surface area contributed by atoms with E-state index in [0.717, 1.165) is 35.9 Å². The second kappa shape index (κ2) is 4.00. The molecule has 0 bridgehead atoms. The van der Waals surface area contributed by atoms with Gasteiger partial charge in [0.15, 0.2) is 5.76 Å². The van der Waals surface area contributed by atoms with Crippen molar-refractivity contribution in [1.29, 1.82) is 0 Å². The first kappa shape index (κ1) is 10.5. The number of carbonyl (C=O) groups excluding carboxylic acids is 1. The zero-order valence-corrected chi connectivity index (χ0v) is 9.82.